The monoisotopic (exact) mass is 188 g/mol. The minimum Gasteiger partial charge on any atom is -0.398 e. The molecule has 2 N–H and O–H groups in total. The van der Waals surface area contributed by atoms with E-state index in [0.29, 0.717) is 0 Å². The minimum atomic E-state index is 0.804. The third-order valence-corrected chi connectivity index (χ3v) is 3.62. The highest BCUT2D eigenvalue weighted by Gasteiger charge is 2.30. The fraction of sp³-hybridized carbons (Fsp3) is 0.500. The zero-order valence-electron chi connectivity index (χ0n) is 8.37. The van der Waals surface area contributed by atoms with E-state index in [1.165, 1.54) is 37.1 Å². The highest BCUT2D eigenvalue weighted by atomic mass is 15.2. The molecule has 0 spiro atoms. The molecule has 14 heavy (non-hydrogen) atoms. The molecule has 1 aliphatic heterocycles. The molecule has 2 nitrogen and oxygen atoms in total. The summed E-state index contributed by atoms with van der Waals surface area (Å²) >= 11 is 0. The van der Waals surface area contributed by atoms with Crippen LogP contribution in [-0.2, 0) is 6.42 Å². The number of benzene rings is 1. The second-order valence-electron chi connectivity index (χ2n) is 4.37. The van der Waals surface area contributed by atoms with Gasteiger partial charge in [0.05, 0.1) is 0 Å². The van der Waals surface area contributed by atoms with E-state index in [0.717, 1.165) is 18.2 Å². The maximum absolute atomic E-state index is 5.97. The van der Waals surface area contributed by atoms with E-state index in [-0.39, 0.29) is 0 Å². The van der Waals surface area contributed by atoms with Gasteiger partial charge in [-0.05, 0) is 37.8 Å². The molecule has 3 rings (SSSR count). The molecule has 1 fully saturated rings. The highest BCUT2D eigenvalue weighted by molar-refractivity contribution is 5.68. The van der Waals surface area contributed by atoms with Gasteiger partial charge < -0.3 is 10.6 Å². The Labute approximate surface area is 84.7 Å². The summed E-state index contributed by atoms with van der Waals surface area (Å²) in [4.78, 5) is 2.55. The standard InChI is InChI=1S/C12H16N2/c13-11-5-2-6-12-10(11)7-8-14(12)9-3-1-4-9/h2,5-6,9H,1,3-4,7-8,13H2. The number of fused-ring (bicyclic) bond motifs is 1. The van der Waals surface area contributed by atoms with Crippen LogP contribution in [0, 0.1) is 0 Å². The van der Waals surface area contributed by atoms with Crippen molar-refractivity contribution in [2.45, 2.75) is 31.7 Å². The molecule has 0 atom stereocenters. The summed E-state index contributed by atoms with van der Waals surface area (Å²) < 4.78 is 0. The van der Waals surface area contributed by atoms with Crippen LogP contribution in [0.5, 0.6) is 0 Å². The van der Waals surface area contributed by atoms with Gasteiger partial charge in [-0.25, -0.2) is 0 Å². The van der Waals surface area contributed by atoms with Gasteiger partial charge >= 0.3 is 0 Å². The fourth-order valence-corrected chi connectivity index (χ4v) is 2.56. The Balaban J connectivity index is 1.97. The van der Waals surface area contributed by atoms with E-state index < -0.39 is 0 Å². The van der Waals surface area contributed by atoms with Crippen molar-refractivity contribution in [2.75, 3.05) is 17.2 Å². The Morgan fingerprint density at radius 1 is 1.29 bits per heavy atom. The predicted octanol–water partition coefficient (Wildman–Crippen LogP) is 2.18. The molecule has 0 aromatic heterocycles. The van der Waals surface area contributed by atoms with Crippen molar-refractivity contribution < 1.29 is 0 Å². The Morgan fingerprint density at radius 2 is 2.14 bits per heavy atom. The van der Waals surface area contributed by atoms with Gasteiger partial charge in [0, 0.05) is 29.5 Å². The molecule has 0 radical (unpaired) electrons. The molecule has 1 aliphatic carbocycles. The highest BCUT2D eigenvalue weighted by Crippen LogP contribution is 2.38. The minimum absolute atomic E-state index is 0.804. The van der Waals surface area contributed by atoms with E-state index in [9.17, 15) is 0 Å². The van der Waals surface area contributed by atoms with Gasteiger partial charge in [-0.2, -0.15) is 0 Å². The van der Waals surface area contributed by atoms with E-state index in [1.807, 2.05) is 6.07 Å². The summed E-state index contributed by atoms with van der Waals surface area (Å²) in [5, 5.41) is 0. The molecule has 1 aromatic carbocycles. The van der Waals surface area contributed by atoms with Gasteiger partial charge in [0.1, 0.15) is 0 Å². The van der Waals surface area contributed by atoms with Crippen LogP contribution >= 0.6 is 0 Å². The van der Waals surface area contributed by atoms with Crippen molar-refractivity contribution in [1.29, 1.82) is 0 Å². The molecule has 74 valence electrons. The van der Waals surface area contributed by atoms with Gasteiger partial charge in [0.15, 0.2) is 0 Å². The van der Waals surface area contributed by atoms with Gasteiger partial charge in [0.2, 0.25) is 0 Å². The van der Waals surface area contributed by atoms with Crippen molar-refractivity contribution in [3.05, 3.63) is 23.8 Å². The van der Waals surface area contributed by atoms with Crippen LogP contribution in [0.1, 0.15) is 24.8 Å². The van der Waals surface area contributed by atoms with Gasteiger partial charge in [-0.3, -0.25) is 0 Å². The third-order valence-electron chi connectivity index (χ3n) is 3.62. The summed E-state index contributed by atoms with van der Waals surface area (Å²) in [5.41, 5.74) is 9.72. The van der Waals surface area contributed by atoms with Crippen LogP contribution in [-0.4, -0.2) is 12.6 Å². The lowest BCUT2D eigenvalue weighted by atomic mass is 9.91. The molecule has 0 amide bonds. The van der Waals surface area contributed by atoms with Crippen LogP contribution in [0.3, 0.4) is 0 Å². The summed E-state index contributed by atoms with van der Waals surface area (Å²) in [6, 6.07) is 7.11. The molecular formula is C12H16N2. The quantitative estimate of drug-likeness (QED) is 0.684. The first-order chi connectivity index (χ1) is 6.86. The second kappa shape index (κ2) is 2.91. The van der Waals surface area contributed by atoms with E-state index >= 15 is 0 Å². The Kier molecular flexibility index (Phi) is 1.69. The average Bonchev–Trinajstić information content (AvgIpc) is 2.48. The van der Waals surface area contributed by atoms with Gasteiger partial charge in [0.25, 0.3) is 0 Å². The van der Waals surface area contributed by atoms with E-state index in [4.69, 9.17) is 5.73 Å². The zero-order chi connectivity index (χ0) is 9.54. The van der Waals surface area contributed by atoms with E-state index in [1.54, 1.807) is 0 Å². The topological polar surface area (TPSA) is 29.3 Å². The maximum Gasteiger partial charge on any atom is 0.0422 e. The summed E-state index contributed by atoms with van der Waals surface area (Å²) in [7, 11) is 0. The number of hydrogen-bond acceptors (Lipinski definition) is 2. The van der Waals surface area contributed by atoms with Gasteiger partial charge in [-0.1, -0.05) is 6.07 Å². The lowest BCUT2D eigenvalue weighted by Crippen LogP contribution is -2.38. The number of anilines is 2. The first-order valence-corrected chi connectivity index (χ1v) is 5.50. The Morgan fingerprint density at radius 3 is 2.86 bits per heavy atom. The van der Waals surface area contributed by atoms with Crippen molar-refractivity contribution in [3.63, 3.8) is 0 Å². The van der Waals surface area contributed by atoms with Crippen molar-refractivity contribution in [2.24, 2.45) is 0 Å². The van der Waals surface area contributed by atoms with Crippen molar-refractivity contribution in [3.8, 4) is 0 Å². The van der Waals surface area contributed by atoms with Gasteiger partial charge in [-0.15, -0.1) is 0 Å². The number of rotatable bonds is 1. The summed E-state index contributed by atoms with van der Waals surface area (Å²) in [6.07, 6.45) is 5.28. The maximum atomic E-state index is 5.97. The molecule has 2 aliphatic rings. The predicted molar refractivity (Wildman–Crippen MR) is 59.5 cm³/mol. The number of hydrogen-bond donors (Lipinski definition) is 1. The SMILES string of the molecule is Nc1cccc2c1CCN2C1CCC1. The lowest BCUT2D eigenvalue weighted by molar-refractivity contribution is 0.392. The molecular weight excluding hydrogens is 172 g/mol. The molecule has 0 bridgehead atoms. The molecule has 2 heteroatoms. The first kappa shape index (κ1) is 8.16. The summed E-state index contributed by atoms with van der Waals surface area (Å²) in [6.45, 7) is 1.17. The average molecular weight is 188 g/mol. The normalized spacial score (nSPS) is 20.7. The molecule has 1 saturated carbocycles. The second-order valence-corrected chi connectivity index (χ2v) is 4.37. The molecule has 0 unspecified atom stereocenters. The van der Waals surface area contributed by atoms with E-state index in [2.05, 4.69) is 17.0 Å². The third kappa shape index (κ3) is 1.03. The Bertz CT molecular complexity index is 355. The van der Waals surface area contributed by atoms with Crippen LogP contribution < -0.4 is 10.6 Å². The summed E-state index contributed by atoms with van der Waals surface area (Å²) in [5.74, 6) is 0. The van der Waals surface area contributed by atoms with Crippen LogP contribution in [0.15, 0.2) is 18.2 Å². The molecule has 1 heterocycles. The molecule has 1 aromatic rings. The largest absolute Gasteiger partial charge is 0.398 e. The number of nitrogens with zero attached hydrogens (tertiary/aromatic N) is 1. The van der Waals surface area contributed by atoms with Crippen molar-refractivity contribution in [1.82, 2.24) is 0 Å². The zero-order valence-corrected chi connectivity index (χ0v) is 8.37. The fourth-order valence-electron chi connectivity index (χ4n) is 2.56. The number of nitrogens with two attached hydrogens (primary N) is 1. The number of nitrogen functional groups attached to an aromatic ring is 1. The van der Waals surface area contributed by atoms with Crippen LogP contribution in [0.4, 0.5) is 11.4 Å². The van der Waals surface area contributed by atoms with Crippen LogP contribution in [0.25, 0.3) is 0 Å². The van der Waals surface area contributed by atoms with Crippen LogP contribution in [0.2, 0.25) is 0 Å². The first-order valence-electron chi connectivity index (χ1n) is 5.50. The smallest absolute Gasteiger partial charge is 0.0422 e. The molecule has 0 saturated heterocycles. The van der Waals surface area contributed by atoms with Crippen molar-refractivity contribution >= 4 is 11.4 Å². The Hall–Kier alpha value is -1.18. The lowest BCUT2D eigenvalue weighted by Gasteiger charge is -2.36.